The first-order valence-electron chi connectivity index (χ1n) is 4.45. The van der Waals surface area contributed by atoms with E-state index in [4.69, 9.17) is 5.73 Å². The Kier molecular flexibility index (Phi) is 4.14. The summed E-state index contributed by atoms with van der Waals surface area (Å²) in [7, 11) is 1.35. The third-order valence-electron chi connectivity index (χ3n) is 2.06. The largest absolute Gasteiger partial charge is 0.387 e. The topological polar surface area (TPSA) is 55.5 Å². The molecule has 0 heterocycles. The number of methoxy groups -OCH3 is 1. The van der Waals surface area contributed by atoms with Gasteiger partial charge in [0.05, 0.1) is 12.7 Å². The number of nitrogens with two attached hydrogens (primary N) is 1. The molecule has 3 nitrogen and oxygen atoms in total. The quantitative estimate of drug-likeness (QED) is 0.794. The molecule has 1 aromatic rings. The highest BCUT2D eigenvalue weighted by molar-refractivity contribution is 5.27. The van der Waals surface area contributed by atoms with Gasteiger partial charge in [0.2, 0.25) is 0 Å². The van der Waals surface area contributed by atoms with Crippen LogP contribution in [-0.4, -0.2) is 18.8 Å². The molecule has 0 amide bonds. The van der Waals surface area contributed by atoms with Crippen molar-refractivity contribution in [2.75, 3.05) is 13.7 Å². The van der Waals surface area contributed by atoms with Gasteiger partial charge in [-0.1, -0.05) is 0 Å². The molecule has 1 unspecified atom stereocenters. The van der Waals surface area contributed by atoms with E-state index >= 15 is 0 Å². The first-order chi connectivity index (χ1) is 7.10. The summed E-state index contributed by atoms with van der Waals surface area (Å²) in [5.41, 5.74) is 5.17. The van der Waals surface area contributed by atoms with Crippen LogP contribution in [0.5, 0.6) is 0 Å². The molecule has 0 aliphatic heterocycles. The summed E-state index contributed by atoms with van der Waals surface area (Å²) in [6.07, 6.45) is -1.05. The summed E-state index contributed by atoms with van der Waals surface area (Å²) in [6, 6.07) is 2.13. The molecule has 0 aliphatic rings. The van der Waals surface area contributed by atoms with Gasteiger partial charge in [-0.3, -0.25) is 0 Å². The van der Waals surface area contributed by atoms with Crippen molar-refractivity contribution in [2.45, 2.75) is 12.7 Å². The Morgan fingerprint density at radius 3 is 2.33 bits per heavy atom. The zero-order valence-corrected chi connectivity index (χ0v) is 8.34. The van der Waals surface area contributed by atoms with Crippen LogP contribution in [0.4, 0.5) is 8.78 Å². The molecule has 0 fully saturated rings. The van der Waals surface area contributed by atoms with Crippen LogP contribution in [0.2, 0.25) is 0 Å². The van der Waals surface area contributed by atoms with Gasteiger partial charge in [-0.2, -0.15) is 0 Å². The Bertz CT molecular complexity index is 321. The molecule has 3 N–H and O–H groups in total. The van der Waals surface area contributed by atoms with Gasteiger partial charge in [0.1, 0.15) is 11.6 Å². The van der Waals surface area contributed by atoms with Crippen molar-refractivity contribution in [2.24, 2.45) is 5.73 Å². The molecule has 84 valence electrons. The molecule has 0 aliphatic carbocycles. The summed E-state index contributed by atoms with van der Waals surface area (Å²) in [5.74, 6) is -1.47. The van der Waals surface area contributed by atoms with Crippen LogP contribution in [0.1, 0.15) is 17.2 Å². The number of aliphatic hydroxyl groups excluding tert-OH is 1. The van der Waals surface area contributed by atoms with Crippen molar-refractivity contribution in [3.63, 3.8) is 0 Å². The smallest absolute Gasteiger partial charge is 0.132 e. The lowest BCUT2D eigenvalue weighted by atomic mass is 10.1. The zero-order chi connectivity index (χ0) is 11.4. The molecular formula is C10H13F2NO2. The first kappa shape index (κ1) is 12.0. The van der Waals surface area contributed by atoms with E-state index in [0.29, 0.717) is 0 Å². The highest BCUT2D eigenvalue weighted by atomic mass is 19.1. The van der Waals surface area contributed by atoms with Gasteiger partial charge < -0.3 is 15.6 Å². The lowest BCUT2D eigenvalue weighted by Gasteiger charge is -2.11. The number of halogens is 2. The number of aliphatic hydroxyl groups is 1. The van der Waals surface area contributed by atoms with Crippen LogP contribution in [-0.2, 0) is 11.3 Å². The van der Waals surface area contributed by atoms with E-state index in [-0.39, 0.29) is 24.3 Å². The third kappa shape index (κ3) is 2.71. The minimum Gasteiger partial charge on any atom is -0.387 e. The van der Waals surface area contributed by atoms with E-state index in [1.807, 2.05) is 0 Å². The molecular weight excluding hydrogens is 204 g/mol. The highest BCUT2D eigenvalue weighted by Gasteiger charge is 2.14. The van der Waals surface area contributed by atoms with E-state index in [2.05, 4.69) is 4.74 Å². The second-order valence-electron chi connectivity index (χ2n) is 3.15. The van der Waals surface area contributed by atoms with Crippen LogP contribution in [0.3, 0.4) is 0 Å². The van der Waals surface area contributed by atoms with Crippen LogP contribution < -0.4 is 5.73 Å². The Balaban J connectivity index is 3.07. The predicted molar refractivity (Wildman–Crippen MR) is 51.1 cm³/mol. The standard InChI is InChI=1S/C10H13F2NO2/c1-15-5-7-8(11)2-6(3-9(7)12)10(14)4-13/h2-3,10,14H,4-5,13H2,1H3. The van der Waals surface area contributed by atoms with Crippen LogP contribution in [0.25, 0.3) is 0 Å². The van der Waals surface area contributed by atoms with Gasteiger partial charge >= 0.3 is 0 Å². The maximum atomic E-state index is 13.3. The zero-order valence-electron chi connectivity index (χ0n) is 8.34. The third-order valence-corrected chi connectivity index (χ3v) is 2.06. The molecule has 1 aromatic carbocycles. The van der Waals surface area contributed by atoms with Gasteiger partial charge in [0.25, 0.3) is 0 Å². The molecule has 1 rings (SSSR count). The molecule has 0 bridgehead atoms. The molecule has 5 heteroatoms. The number of benzene rings is 1. The van der Waals surface area contributed by atoms with Gasteiger partial charge in [-0.15, -0.1) is 0 Å². The SMILES string of the molecule is COCc1c(F)cc(C(O)CN)cc1F. The molecule has 0 spiro atoms. The van der Waals surface area contributed by atoms with Crippen molar-refractivity contribution < 1.29 is 18.6 Å². The second-order valence-corrected chi connectivity index (χ2v) is 3.15. The molecule has 0 aromatic heterocycles. The number of hydrogen-bond acceptors (Lipinski definition) is 3. The van der Waals surface area contributed by atoms with Gasteiger partial charge in [0, 0.05) is 19.2 Å². The molecule has 0 saturated carbocycles. The number of ether oxygens (including phenoxy) is 1. The van der Waals surface area contributed by atoms with Crippen LogP contribution >= 0.6 is 0 Å². The first-order valence-corrected chi connectivity index (χ1v) is 4.45. The fourth-order valence-electron chi connectivity index (χ4n) is 1.23. The van der Waals surface area contributed by atoms with Crippen molar-refractivity contribution in [1.82, 2.24) is 0 Å². The van der Waals surface area contributed by atoms with Crippen LogP contribution in [0, 0.1) is 11.6 Å². The molecule has 0 saturated heterocycles. The average molecular weight is 217 g/mol. The Hall–Kier alpha value is -1.04. The van der Waals surface area contributed by atoms with Gasteiger partial charge in [0.15, 0.2) is 0 Å². The monoisotopic (exact) mass is 217 g/mol. The Morgan fingerprint density at radius 2 is 1.93 bits per heavy atom. The number of rotatable bonds is 4. The highest BCUT2D eigenvalue weighted by Crippen LogP contribution is 2.20. The lowest BCUT2D eigenvalue weighted by Crippen LogP contribution is -2.13. The van der Waals surface area contributed by atoms with E-state index < -0.39 is 17.7 Å². The summed E-state index contributed by atoms with van der Waals surface area (Å²) in [4.78, 5) is 0. The minimum atomic E-state index is -1.05. The van der Waals surface area contributed by atoms with E-state index in [1.54, 1.807) is 0 Å². The van der Waals surface area contributed by atoms with E-state index in [9.17, 15) is 13.9 Å². The summed E-state index contributed by atoms with van der Waals surface area (Å²) >= 11 is 0. The lowest BCUT2D eigenvalue weighted by molar-refractivity contribution is 0.174. The number of hydrogen-bond donors (Lipinski definition) is 2. The fourth-order valence-corrected chi connectivity index (χ4v) is 1.23. The molecule has 15 heavy (non-hydrogen) atoms. The predicted octanol–water partition coefficient (Wildman–Crippen LogP) is 1.10. The van der Waals surface area contributed by atoms with Gasteiger partial charge in [-0.05, 0) is 17.7 Å². The average Bonchev–Trinajstić information content (AvgIpc) is 2.22. The van der Waals surface area contributed by atoms with E-state index in [0.717, 1.165) is 12.1 Å². The fraction of sp³-hybridized carbons (Fsp3) is 0.400. The van der Waals surface area contributed by atoms with E-state index in [1.165, 1.54) is 7.11 Å². The summed E-state index contributed by atoms with van der Waals surface area (Å²) in [5, 5.41) is 9.31. The molecule has 1 atom stereocenters. The maximum Gasteiger partial charge on any atom is 0.132 e. The van der Waals surface area contributed by atoms with Crippen molar-refractivity contribution in [1.29, 1.82) is 0 Å². The summed E-state index contributed by atoms with van der Waals surface area (Å²) in [6.45, 7) is -0.223. The Morgan fingerprint density at radius 1 is 1.40 bits per heavy atom. The normalized spacial score (nSPS) is 12.9. The van der Waals surface area contributed by atoms with Crippen LogP contribution in [0.15, 0.2) is 12.1 Å². The maximum absolute atomic E-state index is 13.3. The Labute approximate surface area is 86.5 Å². The van der Waals surface area contributed by atoms with Crippen molar-refractivity contribution >= 4 is 0 Å². The summed E-state index contributed by atoms with van der Waals surface area (Å²) < 4.78 is 31.3. The molecule has 0 radical (unpaired) electrons. The van der Waals surface area contributed by atoms with Crippen molar-refractivity contribution in [3.05, 3.63) is 34.9 Å². The van der Waals surface area contributed by atoms with Gasteiger partial charge in [-0.25, -0.2) is 8.78 Å². The second kappa shape index (κ2) is 5.16. The van der Waals surface area contributed by atoms with Crippen molar-refractivity contribution in [3.8, 4) is 0 Å². The minimum absolute atomic E-state index is 0.0808.